The fourth-order valence-electron chi connectivity index (χ4n) is 3.49. The van der Waals surface area contributed by atoms with Gasteiger partial charge in [-0.3, -0.25) is 4.79 Å². The van der Waals surface area contributed by atoms with Gasteiger partial charge in [0, 0.05) is 24.7 Å². The molecule has 2 aliphatic rings. The molecule has 0 spiro atoms. The molecule has 3 rings (SSSR count). The van der Waals surface area contributed by atoms with Gasteiger partial charge in [0.25, 0.3) is 5.91 Å². The highest BCUT2D eigenvalue weighted by Crippen LogP contribution is 2.27. The van der Waals surface area contributed by atoms with E-state index < -0.39 is 0 Å². The molecule has 1 aromatic rings. The predicted octanol–water partition coefficient (Wildman–Crippen LogP) is 1.98. The molecule has 2 N–H and O–H groups in total. The number of likely N-dealkylation sites (tertiary alicyclic amines) is 1. The topological polar surface area (TPSA) is 46.3 Å². The number of nitrogens with zero attached hydrogens (tertiary/aromatic N) is 1. The zero-order valence-corrected chi connectivity index (χ0v) is 11.6. The summed E-state index contributed by atoms with van der Waals surface area (Å²) in [6.07, 6.45) is 4.57. The summed E-state index contributed by atoms with van der Waals surface area (Å²) in [6, 6.07) is 6.43. The van der Waals surface area contributed by atoms with Crippen LogP contribution in [0.25, 0.3) is 0 Å². The lowest BCUT2D eigenvalue weighted by atomic mass is 10.0. The SMILES string of the molecule is CC1CCN(C(=O)c2ccc3c(c2)CCC3)C1CN. The fraction of sp³-hybridized carbons (Fsp3) is 0.562. The van der Waals surface area contributed by atoms with Crippen LogP contribution in [0.1, 0.15) is 41.3 Å². The third kappa shape index (κ3) is 2.16. The summed E-state index contributed by atoms with van der Waals surface area (Å²) >= 11 is 0. The largest absolute Gasteiger partial charge is 0.334 e. The molecule has 2 unspecified atom stereocenters. The van der Waals surface area contributed by atoms with E-state index >= 15 is 0 Å². The third-order valence-corrected chi connectivity index (χ3v) is 4.73. The Bertz CT molecular complexity index is 498. The van der Waals surface area contributed by atoms with Crippen molar-refractivity contribution in [2.24, 2.45) is 11.7 Å². The maximum atomic E-state index is 12.6. The second-order valence-electron chi connectivity index (χ2n) is 5.90. The normalized spacial score (nSPS) is 25.7. The van der Waals surface area contributed by atoms with E-state index in [4.69, 9.17) is 5.73 Å². The van der Waals surface area contributed by atoms with Crippen molar-refractivity contribution in [1.29, 1.82) is 0 Å². The Morgan fingerprint density at radius 1 is 1.37 bits per heavy atom. The summed E-state index contributed by atoms with van der Waals surface area (Å²) in [5.41, 5.74) is 9.45. The van der Waals surface area contributed by atoms with Crippen LogP contribution >= 0.6 is 0 Å². The Morgan fingerprint density at radius 2 is 2.16 bits per heavy atom. The van der Waals surface area contributed by atoms with Gasteiger partial charge in [-0.25, -0.2) is 0 Å². The Balaban J connectivity index is 1.84. The van der Waals surface area contributed by atoms with Crippen LogP contribution in [-0.2, 0) is 12.8 Å². The van der Waals surface area contributed by atoms with Crippen LogP contribution in [0.4, 0.5) is 0 Å². The summed E-state index contributed by atoms with van der Waals surface area (Å²) in [6.45, 7) is 3.60. The number of hydrogen-bond donors (Lipinski definition) is 1. The first-order valence-corrected chi connectivity index (χ1v) is 7.33. The van der Waals surface area contributed by atoms with Crippen LogP contribution in [0, 0.1) is 5.92 Å². The molecule has 1 fully saturated rings. The number of rotatable bonds is 2. The molecule has 1 saturated heterocycles. The van der Waals surface area contributed by atoms with Crippen LogP contribution in [0.15, 0.2) is 18.2 Å². The molecule has 0 saturated carbocycles. The lowest BCUT2D eigenvalue weighted by Gasteiger charge is -2.26. The van der Waals surface area contributed by atoms with Crippen molar-refractivity contribution in [3.05, 3.63) is 34.9 Å². The van der Waals surface area contributed by atoms with Gasteiger partial charge in [0.2, 0.25) is 0 Å². The molecular weight excluding hydrogens is 236 g/mol. The van der Waals surface area contributed by atoms with Gasteiger partial charge in [-0.2, -0.15) is 0 Å². The summed E-state index contributed by atoms with van der Waals surface area (Å²) in [5, 5.41) is 0. The van der Waals surface area contributed by atoms with E-state index in [2.05, 4.69) is 19.1 Å². The fourth-order valence-corrected chi connectivity index (χ4v) is 3.49. The maximum absolute atomic E-state index is 12.6. The minimum Gasteiger partial charge on any atom is -0.334 e. The Labute approximate surface area is 114 Å². The van der Waals surface area contributed by atoms with Gasteiger partial charge in [-0.15, -0.1) is 0 Å². The molecule has 0 radical (unpaired) electrons. The van der Waals surface area contributed by atoms with Crippen LogP contribution < -0.4 is 5.73 Å². The number of hydrogen-bond acceptors (Lipinski definition) is 2. The Kier molecular flexibility index (Phi) is 3.31. The lowest BCUT2D eigenvalue weighted by Crippen LogP contribution is -2.42. The quantitative estimate of drug-likeness (QED) is 0.881. The second kappa shape index (κ2) is 4.97. The van der Waals surface area contributed by atoms with Gasteiger partial charge in [0.1, 0.15) is 0 Å². The average molecular weight is 258 g/mol. The predicted molar refractivity (Wildman–Crippen MR) is 76.1 cm³/mol. The van der Waals surface area contributed by atoms with E-state index in [1.807, 2.05) is 11.0 Å². The van der Waals surface area contributed by atoms with Gasteiger partial charge >= 0.3 is 0 Å². The number of carbonyl (C=O) groups excluding carboxylic acids is 1. The first-order valence-electron chi connectivity index (χ1n) is 7.33. The molecule has 3 nitrogen and oxygen atoms in total. The molecule has 1 amide bonds. The van der Waals surface area contributed by atoms with Gasteiger partial charge < -0.3 is 10.6 Å². The van der Waals surface area contributed by atoms with Gasteiger partial charge in [-0.1, -0.05) is 13.0 Å². The molecule has 102 valence electrons. The van der Waals surface area contributed by atoms with Gasteiger partial charge in [0.15, 0.2) is 0 Å². The third-order valence-electron chi connectivity index (χ3n) is 4.73. The highest BCUT2D eigenvalue weighted by Gasteiger charge is 2.33. The number of nitrogens with two attached hydrogens (primary N) is 1. The maximum Gasteiger partial charge on any atom is 0.254 e. The number of carbonyl (C=O) groups is 1. The first kappa shape index (κ1) is 12.7. The van der Waals surface area contributed by atoms with Crippen molar-refractivity contribution >= 4 is 5.91 Å². The van der Waals surface area contributed by atoms with Crippen LogP contribution in [0.3, 0.4) is 0 Å². The van der Waals surface area contributed by atoms with Crippen molar-refractivity contribution < 1.29 is 4.79 Å². The standard InChI is InChI=1S/C16H22N2O/c1-11-7-8-18(15(11)10-17)16(19)14-6-5-12-3-2-4-13(12)9-14/h5-6,9,11,15H,2-4,7-8,10,17H2,1H3. The van der Waals surface area contributed by atoms with E-state index in [9.17, 15) is 4.79 Å². The van der Waals surface area contributed by atoms with E-state index in [0.717, 1.165) is 31.4 Å². The first-order chi connectivity index (χ1) is 9.20. The van der Waals surface area contributed by atoms with Gasteiger partial charge in [0.05, 0.1) is 0 Å². The lowest BCUT2D eigenvalue weighted by molar-refractivity contribution is 0.0727. The average Bonchev–Trinajstić information content (AvgIpc) is 3.02. The second-order valence-corrected chi connectivity index (χ2v) is 5.90. The highest BCUT2D eigenvalue weighted by molar-refractivity contribution is 5.95. The molecule has 1 heterocycles. The summed E-state index contributed by atoms with van der Waals surface area (Å²) in [7, 11) is 0. The van der Waals surface area contributed by atoms with E-state index in [0.29, 0.717) is 12.5 Å². The van der Waals surface area contributed by atoms with Crippen LogP contribution in [-0.4, -0.2) is 29.9 Å². The number of aryl methyl sites for hydroxylation is 2. The Morgan fingerprint density at radius 3 is 2.95 bits per heavy atom. The molecule has 1 aromatic carbocycles. The minimum atomic E-state index is 0.162. The molecule has 1 aliphatic carbocycles. The zero-order valence-electron chi connectivity index (χ0n) is 11.6. The van der Waals surface area contributed by atoms with Crippen molar-refractivity contribution in [3.8, 4) is 0 Å². The van der Waals surface area contributed by atoms with Crippen molar-refractivity contribution in [1.82, 2.24) is 4.90 Å². The highest BCUT2D eigenvalue weighted by atomic mass is 16.2. The minimum absolute atomic E-state index is 0.162. The van der Waals surface area contributed by atoms with E-state index in [1.165, 1.54) is 17.5 Å². The van der Waals surface area contributed by atoms with E-state index in [-0.39, 0.29) is 11.9 Å². The number of benzene rings is 1. The van der Waals surface area contributed by atoms with Crippen molar-refractivity contribution in [2.45, 2.75) is 38.6 Å². The Hall–Kier alpha value is -1.35. The van der Waals surface area contributed by atoms with Crippen molar-refractivity contribution in [3.63, 3.8) is 0 Å². The zero-order chi connectivity index (χ0) is 13.4. The summed E-state index contributed by atoms with van der Waals surface area (Å²) in [5.74, 6) is 0.679. The van der Waals surface area contributed by atoms with Crippen molar-refractivity contribution in [2.75, 3.05) is 13.1 Å². The molecule has 1 aliphatic heterocycles. The monoisotopic (exact) mass is 258 g/mol. The summed E-state index contributed by atoms with van der Waals surface area (Å²) in [4.78, 5) is 14.6. The molecule has 0 aromatic heterocycles. The summed E-state index contributed by atoms with van der Waals surface area (Å²) < 4.78 is 0. The molecule has 2 atom stereocenters. The van der Waals surface area contributed by atoms with Crippen LogP contribution in [0.2, 0.25) is 0 Å². The number of amides is 1. The molecule has 0 bridgehead atoms. The smallest absolute Gasteiger partial charge is 0.254 e. The molecular formula is C16H22N2O. The molecule has 3 heteroatoms. The van der Waals surface area contributed by atoms with Crippen LogP contribution in [0.5, 0.6) is 0 Å². The number of fused-ring (bicyclic) bond motifs is 1. The van der Waals surface area contributed by atoms with E-state index in [1.54, 1.807) is 0 Å². The van der Waals surface area contributed by atoms with Gasteiger partial charge in [-0.05, 0) is 54.9 Å². The molecule has 19 heavy (non-hydrogen) atoms.